The quantitative estimate of drug-likeness (QED) is 0.654. The predicted molar refractivity (Wildman–Crippen MR) is 91.8 cm³/mol. The molecule has 0 aromatic heterocycles. The molecule has 9 heteroatoms. The van der Waals surface area contributed by atoms with Gasteiger partial charge in [-0.3, -0.25) is 14.9 Å². The number of hydrogen-bond donors (Lipinski definition) is 3. The lowest BCUT2D eigenvalue weighted by Crippen LogP contribution is -2.43. The van der Waals surface area contributed by atoms with Crippen LogP contribution in [0.5, 0.6) is 0 Å². The van der Waals surface area contributed by atoms with Gasteiger partial charge in [0.05, 0.1) is 13.5 Å². The maximum atomic E-state index is 12.2. The Morgan fingerprint density at radius 1 is 1.12 bits per heavy atom. The minimum Gasteiger partial charge on any atom is -0.480 e. The van der Waals surface area contributed by atoms with Gasteiger partial charge in [-0.15, -0.1) is 0 Å². The average Bonchev–Trinajstić information content (AvgIpc) is 2.52. The van der Waals surface area contributed by atoms with Gasteiger partial charge in [-0.2, -0.15) is 0 Å². The maximum Gasteiger partial charge on any atom is 0.411 e. The van der Waals surface area contributed by atoms with E-state index in [9.17, 15) is 24.3 Å². The lowest BCUT2D eigenvalue weighted by molar-refractivity contribution is -0.158. The number of carbonyl (C=O) groups excluding carboxylic acids is 3. The first-order valence-electron chi connectivity index (χ1n) is 7.72. The van der Waals surface area contributed by atoms with E-state index < -0.39 is 42.0 Å². The third kappa shape index (κ3) is 7.20. The second-order valence-corrected chi connectivity index (χ2v) is 6.35. The van der Waals surface area contributed by atoms with Crippen LogP contribution in [0.2, 0.25) is 0 Å². The fraction of sp³-hybridized carbons (Fsp3) is 0.412. The molecule has 1 aromatic carbocycles. The van der Waals surface area contributed by atoms with Gasteiger partial charge in [0.2, 0.25) is 0 Å². The molecule has 9 nitrogen and oxygen atoms in total. The van der Waals surface area contributed by atoms with E-state index in [4.69, 9.17) is 4.74 Å². The monoisotopic (exact) mass is 366 g/mol. The van der Waals surface area contributed by atoms with Crippen LogP contribution < -0.4 is 10.6 Å². The number of aliphatic carboxylic acids is 1. The Morgan fingerprint density at radius 2 is 1.69 bits per heavy atom. The number of carboxylic acids is 1. The zero-order valence-corrected chi connectivity index (χ0v) is 15.0. The molecule has 0 aliphatic rings. The van der Waals surface area contributed by atoms with E-state index >= 15 is 0 Å². The summed E-state index contributed by atoms with van der Waals surface area (Å²) in [4.78, 5) is 46.3. The average molecular weight is 366 g/mol. The molecule has 3 N–H and O–H groups in total. The third-order valence-corrected chi connectivity index (χ3v) is 2.97. The zero-order chi connectivity index (χ0) is 19.9. The van der Waals surface area contributed by atoms with Crippen molar-refractivity contribution in [3.63, 3.8) is 0 Å². The third-order valence-electron chi connectivity index (χ3n) is 2.97. The summed E-state index contributed by atoms with van der Waals surface area (Å²) in [6, 6.07) is 4.27. The van der Waals surface area contributed by atoms with E-state index in [1.807, 2.05) is 0 Å². The van der Waals surface area contributed by atoms with Crippen molar-refractivity contribution in [3.8, 4) is 0 Å². The molecule has 2 amide bonds. The Morgan fingerprint density at radius 3 is 2.15 bits per heavy atom. The topological polar surface area (TPSA) is 131 Å². The number of amides is 2. The van der Waals surface area contributed by atoms with Crippen LogP contribution in [0.4, 0.5) is 10.5 Å². The Balaban J connectivity index is 2.74. The highest BCUT2D eigenvalue weighted by molar-refractivity contribution is 5.98. The molecule has 142 valence electrons. The number of carbonyl (C=O) groups is 4. The van der Waals surface area contributed by atoms with Gasteiger partial charge in [-0.05, 0) is 45.0 Å². The number of benzene rings is 1. The highest BCUT2D eigenvalue weighted by Gasteiger charge is 2.27. The fourth-order valence-corrected chi connectivity index (χ4v) is 1.87. The smallest absolute Gasteiger partial charge is 0.411 e. The fourth-order valence-electron chi connectivity index (χ4n) is 1.87. The van der Waals surface area contributed by atoms with Crippen molar-refractivity contribution >= 4 is 29.6 Å². The molecule has 0 fully saturated rings. The Hall–Kier alpha value is -3.10. The van der Waals surface area contributed by atoms with Gasteiger partial charge >= 0.3 is 18.0 Å². The largest absolute Gasteiger partial charge is 0.480 e. The van der Waals surface area contributed by atoms with E-state index in [-0.39, 0.29) is 5.56 Å². The molecule has 0 spiro atoms. The molecule has 0 heterocycles. The highest BCUT2D eigenvalue weighted by Crippen LogP contribution is 2.12. The second kappa shape index (κ2) is 8.84. The molecule has 26 heavy (non-hydrogen) atoms. The van der Waals surface area contributed by atoms with Crippen LogP contribution >= 0.6 is 0 Å². The first kappa shape index (κ1) is 20.9. The van der Waals surface area contributed by atoms with Gasteiger partial charge in [-0.25, -0.2) is 9.59 Å². The number of methoxy groups -OCH3 is 1. The summed E-state index contributed by atoms with van der Waals surface area (Å²) in [6.45, 7) is 4.97. The zero-order valence-electron chi connectivity index (χ0n) is 15.0. The van der Waals surface area contributed by atoms with Crippen molar-refractivity contribution in [1.82, 2.24) is 5.32 Å². The van der Waals surface area contributed by atoms with Gasteiger partial charge in [0, 0.05) is 11.3 Å². The highest BCUT2D eigenvalue weighted by atomic mass is 16.6. The van der Waals surface area contributed by atoms with Gasteiger partial charge in [-0.1, -0.05) is 0 Å². The van der Waals surface area contributed by atoms with Crippen molar-refractivity contribution in [3.05, 3.63) is 29.8 Å². The Kier molecular flexibility index (Phi) is 7.12. The Bertz CT molecular complexity index is 677. The number of esters is 1. The van der Waals surface area contributed by atoms with E-state index in [0.717, 1.165) is 0 Å². The summed E-state index contributed by atoms with van der Waals surface area (Å²) < 4.78 is 9.51. The van der Waals surface area contributed by atoms with Crippen LogP contribution in [-0.4, -0.2) is 47.8 Å². The predicted octanol–water partition coefficient (Wildman–Crippen LogP) is 1.78. The van der Waals surface area contributed by atoms with Gasteiger partial charge in [0.25, 0.3) is 5.91 Å². The van der Waals surface area contributed by atoms with Crippen molar-refractivity contribution in [2.45, 2.75) is 38.8 Å². The van der Waals surface area contributed by atoms with E-state index in [1.54, 1.807) is 20.8 Å². The van der Waals surface area contributed by atoms with Crippen LogP contribution in [0, 0.1) is 0 Å². The molecule has 1 unspecified atom stereocenters. The lowest BCUT2D eigenvalue weighted by atomic mass is 10.1. The van der Waals surface area contributed by atoms with E-state index in [1.165, 1.54) is 31.4 Å². The van der Waals surface area contributed by atoms with Crippen LogP contribution in [0.3, 0.4) is 0 Å². The number of rotatable bonds is 6. The second-order valence-electron chi connectivity index (χ2n) is 6.35. The molecule has 0 aliphatic heterocycles. The molecular weight excluding hydrogens is 344 g/mol. The summed E-state index contributed by atoms with van der Waals surface area (Å²) >= 11 is 0. The summed E-state index contributed by atoms with van der Waals surface area (Å²) in [5.74, 6) is -2.76. The molecule has 1 aromatic rings. The number of nitrogens with one attached hydrogen (secondary N) is 2. The van der Waals surface area contributed by atoms with Crippen molar-refractivity contribution in [2.75, 3.05) is 12.4 Å². The van der Waals surface area contributed by atoms with E-state index in [2.05, 4.69) is 15.4 Å². The molecule has 1 rings (SSSR count). The number of ether oxygens (including phenoxy) is 2. The van der Waals surface area contributed by atoms with E-state index in [0.29, 0.717) is 5.69 Å². The molecule has 0 saturated carbocycles. The molecule has 0 saturated heterocycles. The van der Waals surface area contributed by atoms with Crippen molar-refractivity contribution < 1.29 is 33.8 Å². The van der Waals surface area contributed by atoms with Gasteiger partial charge in [0.15, 0.2) is 0 Å². The molecule has 1 atom stereocenters. The summed E-state index contributed by atoms with van der Waals surface area (Å²) in [7, 11) is 1.22. The lowest BCUT2D eigenvalue weighted by Gasteiger charge is -2.21. The first-order chi connectivity index (χ1) is 12.0. The summed E-state index contributed by atoms with van der Waals surface area (Å²) in [5.41, 5.74) is -0.195. The summed E-state index contributed by atoms with van der Waals surface area (Å²) in [6.07, 6.45) is -1.16. The number of anilines is 1. The summed E-state index contributed by atoms with van der Waals surface area (Å²) in [5, 5.41) is 13.9. The minimum atomic E-state index is -1.43. The normalized spacial score (nSPS) is 11.8. The molecule has 0 bridgehead atoms. The van der Waals surface area contributed by atoms with Crippen LogP contribution in [0.1, 0.15) is 37.6 Å². The first-order valence-corrected chi connectivity index (χ1v) is 7.72. The van der Waals surface area contributed by atoms with Gasteiger partial charge in [0.1, 0.15) is 11.6 Å². The Labute approximate surface area is 150 Å². The maximum absolute atomic E-state index is 12.2. The SMILES string of the molecule is COC(=O)Nc1ccc(C(=O)NC(CC(=O)OC(C)(C)C)C(=O)O)cc1. The van der Waals surface area contributed by atoms with Crippen molar-refractivity contribution in [1.29, 1.82) is 0 Å². The minimum absolute atomic E-state index is 0.163. The standard InChI is InChI=1S/C17H22N2O7/c1-17(2,3)26-13(20)9-12(15(22)23)19-14(21)10-5-7-11(8-6-10)18-16(24)25-4/h5-8,12H,9H2,1-4H3,(H,18,24)(H,19,21)(H,22,23). The van der Waals surface area contributed by atoms with Gasteiger partial charge < -0.3 is 19.9 Å². The number of hydrogen-bond acceptors (Lipinski definition) is 6. The number of carboxylic acid groups (broad SMARTS) is 1. The molecular formula is C17H22N2O7. The molecule has 0 aliphatic carbocycles. The van der Waals surface area contributed by atoms with Crippen LogP contribution in [0.25, 0.3) is 0 Å². The van der Waals surface area contributed by atoms with Crippen LogP contribution in [-0.2, 0) is 19.1 Å². The van der Waals surface area contributed by atoms with Crippen molar-refractivity contribution in [2.24, 2.45) is 0 Å². The van der Waals surface area contributed by atoms with Crippen LogP contribution in [0.15, 0.2) is 24.3 Å². The molecule has 0 radical (unpaired) electrons.